The standard InChI is InChI=1S/C12H19N3O4/c1-3-7-13-11-6-5-10(15(16)17)12(14-11)19-9-4-8-18-2/h5-6H,3-4,7-9H2,1-2H3,(H,13,14). The largest absolute Gasteiger partial charge is 0.473 e. The highest BCUT2D eigenvalue weighted by molar-refractivity contribution is 5.49. The van der Waals surface area contributed by atoms with Crippen molar-refractivity contribution in [2.24, 2.45) is 0 Å². The van der Waals surface area contributed by atoms with Gasteiger partial charge in [0, 0.05) is 32.7 Å². The van der Waals surface area contributed by atoms with Crippen molar-refractivity contribution in [3.63, 3.8) is 0 Å². The van der Waals surface area contributed by atoms with Crippen LogP contribution in [0.15, 0.2) is 12.1 Å². The minimum atomic E-state index is -0.498. The summed E-state index contributed by atoms with van der Waals surface area (Å²) < 4.78 is 10.2. The SMILES string of the molecule is CCCNc1ccc([N+](=O)[O-])c(OCCCOC)n1. The van der Waals surface area contributed by atoms with Gasteiger partial charge in [-0.2, -0.15) is 4.98 Å². The Bertz CT molecular complexity index is 412. The van der Waals surface area contributed by atoms with Crippen molar-refractivity contribution < 1.29 is 14.4 Å². The third kappa shape index (κ3) is 5.09. The zero-order valence-electron chi connectivity index (χ0n) is 11.2. The smallest absolute Gasteiger partial charge is 0.331 e. The lowest BCUT2D eigenvalue weighted by atomic mass is 10.4. The number of nitrogens with one attached hydrogen (secondary N) is 1. The van der Waals surface area contributed by atoms with Crippen LogP contribution in [-0.4, -0.2) is 36.8 Å². The van der Waals surface area contributed by atoms with E-state index in [4.69, 9.17) is 9.47 Å². The molecule has 1 aromatic heterocycles. The van der Waals surface area contributed by atoms with Crippen LogP contribution >= 0.6 is 0 Å². The van der Waals surface area contributed by atoms with E-state index in [0.717, 1.165) is 13.0 Å². The van der Waals surface area contributed by atoms with Crippen molar-refractivity contribution in [1.82, 2.24) is 4.98 Å². The normalized spacial score (nSPS) is 10.2. The van der Waals surface area contributed by atoms with E-state index in [0.29, 0.717) is 25.5 Å². The van der Waals surface area contributed by atoms with E-state index in [9.17, 15) is 10.1 Å². The van der Waals surface area contributed by atoms with Crippen molar-refractivity contribution in [3.05, 3.63) is 22.2 Å². The van der Waals surface area contributed by atoms with Gasteiger partial charge in [0.2, 0.25) is 0 Å². The maximum absolute atomic E-state index is 10.9. The van der Waals surface area contributed by atoms with Crippen LogP contribution < -0.4 is 10.1 Å². The molecular formula is C12H19N3O4. The second-order valence-corrected chi connectivity index (χ2v) is 3.90. The number of hydrogen-bond acceptors (Lipinski definition) is 6. The second-order valence-electron chi connectivity index (χ2n) is 3.90. The van der Waals surface area contributed by atoms with Gasteiger partial charge in [-0.05, 0) is 12.5 Å². The monoisotopic (exact) mass is 269 g/mol. The van der Waals surface area contributed by atoms with Crippen LogP contribution in [0.2, 0.25) is 0 Å². The molecule has 0 atom stereocenters. The fraction of sp³-hybridized carbons (Fsp3) is 0.583. The summed E-state index contributed by atoms with van der Waals surface area (Å²) >= 11 is 0. The van der Waals surface area contributed by atoms with E-state index in [1.54, 1.807) is 13.2 Å². The molecule has 0 radical (unpaired) electrons. The average molecular weight is 269 g/mol. The van der Waals surface area contributed by atoms with Crippen LogP contribution in [0.4, 0.5) is 11.5 Å². The maximum atomic E-state index is 10.9. The minimum Gasteiger partial charge on any atom is -0.473 e. The Kier molecular flexibility index (Phi) is 6.59. The van der Waals surface area contributed by atoms with E-state index in [1.807, 2.05) is 6.92 Å². The number of hydrogen-bond donors (Lipinski definition) is 1. The van der Waals surface area contributed by atoms with Crippen LogP contribution in [0.25, 0.3) is 0 Å². The van der Waals surface area contributed by atoms with E-state index >= 15 is 0 Å². The van der Waals surface area contributed by atoms with Crippen LogP contribution in [0, 0.1) is 10.1 Å². The predicted octanol–water partition coefficient (Wildman–Crippen LogP) is 2.23. The van der Waals surface area contributed by atoms with E-state index in [-0.39, 0.29) is 11.6 Å². The van der Waals surface area contributed by atoms with Crippen molar-refractivity contribution in [2.75, 3.05) is 32.2 Å². The van der Waals surface area contributed by atoms with Gasteiger partial charge in [-0.3, -0.25) is 10.1 Å². The molecule has 1 heterocycles. The number of methoxy groups -OCH3 is 1. The van der Waals surface area contributed by atoms with Gasteiger partial charge in [-0.15, -0.1) is 0 Å². The number of nitrogens with zero attached hydrogens (tertiary/aromatic N) is 2. The molecule has 0 aliphatic heterocycles. The number of aromatic nitrogens is 1. The lowest BCUT2D eigenvalue weighted by Crippen LogP contribution is -2.07. The van der Waals surface area contributed by atoms with Gasteiger partial charge in [0.05, 0.1) is 11.5 Å². The molecule has 0 saturated carbocycles. The summed E-state index contributed by atoms with van der Waals surface area (Å²) in [5.74, 6) is 0.622. The molecule has 0 fully saturated rings. The highest BCUT2D eigenvalue weighted by Gasteiger charge is 2.17. The van der Waals surface area contributed by atoms with Crippen molar-refractivity contribution in [3.8, 4) is 5.88 Å². The molecule has 0 bridgehead atoms. The zero-order chi connectivity index (χ0) is 14.1. The number of rotatable bonds is 9. The molecule has 1 rings (SSSR count). The van der Waals surface area contributed by atoms with Gasteiger partial charge in [0.1, 0.15) is 5.82 Å². The molecule has 106 valence electrons. The molecule has 0 aromatic carbocycles. The predicted molar refractivity (Wildman–Crippen MR) is 71.7 cm³/mol. The first kappa shape index (κ1) is 15.2. The summed E-state index contributed by atoms with van der Waals surface area (Å²) in [7, 11) is 1.59. The molecule has 7 heteroatoms. The molecule has 0 spiro atoms. The van der Waals surface area contributed by atoms with Gasteiger partial charge >= 0.3 is 5.69 Å². The third-order valence-electron chi connectivity index (χ3n) is 2.32. The Balaban J connectivity index is 2.74. The third-order valence-corrected chi connectivity index (χ3v) is 2.32. The van der Waals surface area contributed by atoms with Gasteiger partial charge in [-0.1, -0.05) is 6.92 Å². The molecule has 19 heavy (non-hydrogen) atoms. The number of ether oxygens (including phenoxy) is 2. The number of anilines is 1. The Morgan fingerprint density at radius 1 is 1.42 bits per heavy atom. The lowest BCUT2D eigenvalue weighted by molar-refractivity contribution is -0.386. The molecule has 7 nitrogen and oxygen atoms in total. The molecule has 0 saturated heterocycles. The molecule has 1 aromatic rings. The summed E-state index contributed by atoms with van der Waals surface area (Å²) in [4.78, 5) is 14.5. The number of pyridine rings is 1. The number of nitro groups is 1. The molecule has 1 N–H and O–H groups in total. The van der Waals surface area contributed by atoms with E-state index in [2.05, 4.69) is 10.3 Å². The average Bonchev–Trinajstić information content (AvgIpc) is 2.41. The summed E-state index contributed by atoms with van der Waals surface area (Å²) in [6.45, 7) is 3.66. The van der Waals surface area contributed by atoms with Gasteiger partial charge in [-0.25, -0.2) is 0 Å². The summed E-state index contributed by atoms with van der Waals surface area (Å²) in [5, 5.41) is 13.9. The zero-order valence-corrected chi connectivity index (χ0v) is 11.2. The van der Waals surface area contributed by atoms with Crippen LogP contribution in [0.1, 0.15) is 19.8 Å². The maximum Gasteiger partial charge on any atom is 0.331 e. The van der Waals surface area contributed by atoms with Gasteiger partial charge in [0.15, 0.2) is 0 Å². The molecule has 0 aliphatic rings. The van der Waals surface area contributed by atoms with Crippen LogP contribution in [0.3, 0.4) is 0 Å². The summed E-state index contributed by atoms with van der Waals surface area (Å²) in [5.41, 5.74) is -0.125. The lowest BCUT2D eigenvalue weighted by Gasteiger charge is -2.08. The van der Waals surface area contributed by atoms with Crippen molar-refractivity contribution in [2.45, 2.75) is 19.8 Å². The highest BCUT2D eigenvalue weighted by Crippen LogP contribution is 2.26. The van der Waals surface area contributed by atoms with Crippen LogP contribution in [-0.2, 0) is 4.74 Å². The summed E-state index contributed by atoms with van der Waals surface area (Å²) in [6, 6.07) is 2.98. The fourth-order valence-electron chi connectivity index (χ4n) is 1.40. The first-order chi connectivity index (χ1) is 9.19. The van der Waals surface area contributed by atoms with Crippen LogP contribution in [0.5, 0.6) is 5.88 Å². The molecular weight excluding hydrogens is 250 g/mol. The summed E-state index contributed by atoms with van der Waals surface area (Å²) in [6.07, 6.45) is 1.60. The quantitative estimate of drug-likeness (QED) is 0.420. The van der Waals surface area contributed by atoms with E-state index in [1.165, 1.54) is 6.07 Å². The Labute approximate surface area is 112 Å². The Morgan fingerprint density at radius 3 is 2.84 bits per heavy atom. The Morgan fingerprint density at radius 2 is 2.21 bits per heavy atom. The van der Waals surface area contributed by atoms with Gasteiger partial charge < -0.3 is 14.8 Å². The first-order valence-corrected chi connectivity index (χ1v) is 6.20. The highest BCUT2D eigenvalue weighted by atomic mass is 16.6. The van der Waals surface area contributed by atoms with E-state index < -0.39 is 4.92 Å². The molecule has 0 aliphatic carbocycles. The topological polar surface area (TPSA) is 86.5 Å². The molecule has 0 unspecified atom stereocenters. The van der Waals surface area contributed by atoms with Crippen molar-refractivity contribution >= 4 is 11.5 Å². The Hall–Kier alpha value is -1.89. The fourth-order valence-corrected chi connectivity index (χ4v) is 1.40. The first-order valence-electron chi connectivity index (χ1n) is 6.20. The van der Waals surface area contributed by atoms with Crippen molar-refractivity contribution in [1.29, 1.82) is 0 Å². The van der Waals surface area contributed by atoms with Gasteiger partial charge in [0.25, 0.3) is 5.88 Å². The minimum absolute atomic E-state index is 0.0437. The molecule has 0 amide bonds. The second kappa shape index (κ2) is 8.25.